The van der Waals surface area contributed by atoms with Gasteiger partial charge in [-0.25, -0.2) is 0 Å². The summed E-state index contributed by atoms with van der Waals surface area (Å²) in [7, 11) is 2.23. The van der Waals surface area contributed by atoms with Gasteiger partial charge >= 0.3 is 0 Å². The molecule has 0 spiro atoms. The molecule has 0 bridgehead atoms. The summed E-state index contributed by atoms with van der Waals surface area (Å²) in [5.74, 6) is 0.928. The molecule has 0 aromatic heterocycles. The summed E-state index contributed by atoms with van der Waals surface area (Å²) in [6.45, 7) is 2.60. The van der Waals surface area contributed by atoms with Crippen molar-refractivity contribution in [1.82, 2.24) is 4.90 Å². The number of hydrogen-bond donors (Lipinski definition) is 1. The molecule has 0 aromatic carbocycles. The van der Waals surface area contributed by atoms with Gasteiger partial charge in [0.15, 0.2) is 0 Å². The molecule has 1 aliphatic heterocycles. The average Bonchev–Trinajstić information content (AvgIpc) is 2.63. The molecule has 0 radical (unpaired) electrons. The molecular weight excluding hydrogens is 184 g/mol. The summed E-state index contributed by atoms with van der Waals surface area (Å²) in [4.78, 5) is 2.45. The molecule has 2 N–H and O–H groups in total. The van der Waals surface area contributed by atoms with Crippen LogP contribution in [0.25, 0.3) is 0 Å². The molecule has 0 amide bonds. The van der Waals surface area contributed by atoms with E-state index in [0.29, 0.717) is 0 Å². The van der Waals surface area contributed by atoms with E-state index in [1.165, 1.54) is 64.5 Å². The minimum absolute atomic E-state index is 0.208. The molecule has 2 rings (SSSR count). The molecule has 2 heteroatoms. The molecule has 1 unspecified atom stereocenters. The van der Waals surface area contributed by atoms with Crippen LogP contribution in [0.3, 0.4) is 0 Å². The second kappa shape index (κ2) is 4.84. The Morgan fingerprint density at radius 3 is 2.60 bits per heavy atom. The minimum Gasteiger partial charge on any atom is -0.325 e. The second-order valence-corrected chi connectivity index (χ2v) is 5.88. The predicted molar refractivity (Wildman–Crippen MR) is 64.8 cm³/mol. The summed E-state index contributed by atoms with van der Waals surface area (Å²) in [5, 5.41) is 0. The zero-order valence-electron chi connectivity index (χ0n) is 10.2. The monoisotopic (exact) mass is 210 g/mol. The summed E-state index contributed by atoms with van der Waals surface area (Å²) in [6, 6.07) is 0. The third-order valence-corrected chi connectivity index (χ3v) is 4.39. The molecule has 2 nitrogen and oxygen atoms in total. The SMILES string of the molecule is CN1CCC(CCC2(N)CCCCC2)C1. The van der Waals surface area contributed by atoms with Gasteiger partial charge in [0, 0.05) is 12.1 Å². The van der Waals surface area contributed by atoms with Gasteiger partial charge in [0.25, 0.3) is 0 Å². The predicted octanol–water partition coefficient (Wildman–Crippen LogP) is 2.38. The number of likely N-dealkylation sites (tertiary alicyclic amines) is 1. The van der Waals surface area contributed by atoms with Crippen LogP contribution in [0.4, 0.5) is 0 Å². The maximum atomic E-state index is 6.46. The Hall–Kier alpha value is -0.0800. The second-order valence-electron chi connectivity index (χ2n) is 5.88. The van der Waals surface area contributed by atoms with E-state index in [1.54, 1.807) is 0 Å². The molecule has 1 saturated heterocycles. The Morgan fingerprint density at radius 2 is 2.00 bits per heavy atom. The Morgan fingerprint density at radius 1 is 1.27 bits per heavy atom. The van der Waals surface area contributed by atoms with Crippen LogP contribution in [0.1, 0.15) is 51.4 Å². The summed E-state index contributed by atoms with van der Waals surface area (Å²) in [5.41, 5.74) is 6.67. The van der Waals surface area contributed by atoms with E-state index in [9.17, 15) is 0 Å². The zero-order chi connectivity index (χ0) is 10.7. The van der Waals surface area contributed by atoms with Crippen molar-refractivity contribution < 1.29 is 0 Å². The van der Waals surface area contributed by atoms with Gasteiger partial charge in [-0.15, -0.1) is 0 Å². The van der Waals surface area contributed by atoms with E-state index in [-0.39, 0.29) is 5.54 Å². The first-order valence-corrected chi connectivity index (χ1v) is 6.65. The van der Waals surface area contributed by atoms with E-state index in [4.69, 9.17) is 5.73 Å². The lowest BCUT2D eigenvalue weighted by Gasteiger charge is -2.34. The van der Waals surface area contributed by atoms with E-state index in [1.807, 2.05) is 0 Å². The number of hydrogen-bond acceptors (Lipinski definition) is 2. The van der Waals surface area contributed by atoms with E-state index >= 15 is 0 Å². The van der Waals surface area contributed by atoms with E-state index in [2.05, 4.69) is 11.9 Å². The van der Waals surface area contributed by atoms with Crippen LogP contribution in [0.15, 0.2) is 0 Å². The molecule has 1 heterocycles. The van der Waals surface area contributed by atoms with Crippen molar-refractivity contribution in [1.29, 1.82) is 0 Å². The fraction of sp³-hybridized carbons (Fsp3) is 1.00. The summed E-state index contributed by atoms with van der Waals surface area (Å²) in [6.07, 6.45) is 10.7. The highest BCUT2D eigenvalue weighted by Gasteiger charge is 2.29. The molecule has 1 saturated carbocycles. The van der Waals surface area contributed by atoms with Crippen molar-refractivity contribution >= 4 is 0 Å². The van der Waals surface area contributed by atoms with E-state index < -0.39 is 0 Å². The highest BCUT2D eigenvalue weighted by atomic mass is 15.1. The number of nitrogens with two attached hydrogens (primary N) is 1. The van der Waals surface area contributed by atoms with Crippen molar-refractivity contribution in [2.45, 2.75) is 56.9 Å². The highest BCUT2D eigenvalue weighted by Crippen LogP contribution is 2.32. The first kappa shape index (κ1) is 11.4. The zero-order valence-corrected chi connectivity index (χ0v) is 10.2. The van der Waals surface area contributed by atoms with Gasteiger partial charge in [0.05, 0.1) is 0 Å². The lowest BCUT2D eigenvalue weighted by atomic mass is 9.78. The van der Waals surface area contributed by atoms with Gasteiger partial charge in [0.2, 0.25) is 0 Å². The normalized spacial score (nSPS) is 32.0. The Labute approximate surface area is 94.2 Å². The van der Waals surface area contributed by atoms with Gasteiger partial charge < -0.3 is 10.6 Å². The van der Waals surface area contributed by atoms with Gasteiger partial charge in [-0.1, -0.05) is 19.3 Å². The van der Waals surface area contributed by atoms with Crippen molar-refractivity contribution in [3.8, 4) is 0 Å². The minimum atomic E-state index is 0.208. The number of nitrogens with zero attached hydrogens (tertiary/aromatic N) is 1. The fourth-order valence-electron chi connectivity index (χ4n) is 3.26. The van der Waals surface area contributed by atoms with Gasteiger partial charge in [-0.2, -0.15) is 0 Å². The van der Waals surface area contributed by atoms with E-state index in [0.717, 1.165) is 5.92 Å². The lowest BCUT2D eigenvalue weighted by Crippen LogP contribution is -2.42. The molecular formula is C13H26N2. The lowest BCUT2D eigenvalue weighted by molar-refractivity contribution is 0.255. The summed E-state index contributed by atoms with van der Waals surface area (Å²) >= 11 is 0. The molecule has 15 heavy (non-hydrogen) atoms. The standard InChI is InChI=1S/C13H26N2/c1-15-10-6-12(11-15)5-9-13(14)7-3-2-4-8-13/h12H,2-11,14H2,1H3. The Bertz CT molecular complexity index is 197. The molecule has 1 atom stereocenters. The van der Waals surface area contributed by atoms with Crippen molar-refractivity contribution in [3.05, 3.63) is 0 Å². The van der Waals surface area contributed by atoms with Crippen LogP contribution >= 0.6 is 0 Å². The third-order valence-electron chi connectivity index (χ3n) is 4.39. The average molecular weight is 210 g/mol. The van der Waals surface area contributed by atoms with Crippen molar-refractivity contribution in [3.63, 3.8) is 0 Å². The molecule has 2 fully saturated rings. The van der Waals surface area contributed by atoms with Crippen LogP contribution < -0.4 is 5.73 Å². The van der Waals surface area contributed by atoms with Crippen LogP contribution in [-0.2, 0) is 0 Å². The fourth-order valence-corrected chi connectivity index (χ4v) is 3.26. The largest absolute Gasteiger partial charge is 0.325 e. The Balaban J connectivity index is 1.72. The van der Waals surface area contributed by atoms with Gasteiger partial charge in [-0.3, -0.25) is 0 Å². The highest BCUT2D eigenvalue weighted by molar-refractivity contribution is 4.88. The topological polar surface area (TPSA) is 29.3 Å². The van der Waals surface area contributed by atoms with Gasteiger partial charge in [-0.05, 0) is 51.6 Å². The van der Waals surface area contributed by atoms with Crippen LogP contribution in [0.5, 0.6) is 0 Å². The first-order chi connectivity index (χ1) is 7.18. The molecule has 88 valence electrons. The molecule has 1 aliphatic carbocycles. The Kier molecular flexibility index (Phi) is 3.68. The van der Waals surface area contributed by atoms with Crippen LogP contribution in [0.2, 0.25) is 0 Å². The quantitative estimate of drug-likeness (QED) is 0.775. The molecule has 2 aliphatic rings. The van der Waals surface area contributed by atoms with Crippen molar-refractivity contribution in [2.24, 2.45) is 11.7 Å². The third kappa shape index (κ3) is 3.18. The molecule has 0 aromatic rings. The van der Waals surface area contributed by atoms with Crippen molar-refractivity contribution in [2.75, 3.05) is 20.1 Å². The van der Waals surface area contributed by atoms with Gasteiger partial charge in [0.1, 0.15) is 0 Å². The first-order valence-electron chi connectivity index (χ1n) is 6.65. The maximum absolute atomic E-state index is 6.46. The number of rotatable bonds is 3. The van der Waals surface area contributed by atoms with Crippen LogP contribution in [0, 0.1) is 5.92 Å². The maximum Gasteiger partial charge on any atom is 0.0154 e. The van der Waals surface area contributed by atoms with Crippen LogP contribution in [-0.4, -0.2) is 30.6 Å². The summed E-state index contributed by atoms with van der Waals surface area (Å²) < 4.78 is 0. The smallest absolute Gasteiger partial charge is 0.0154 e.